The summed E-state index contributed by atoms with van der Waals surface area (Å²) in [7, 11) is 1.66. The molecule has 1 atom stereocenters. The Kier molecular flexibility index (Phi) is 4.86. The molecule has 1 N–H and O–H groups in total. The van der Waals surface area contributed by atoms with E-state index in [0.29, 0.717) is 11.8 Å². The van der Waals surface area contributed by atoms with Crippen molar-refractivity contribution >= 4 is 0 Å². The van der Waals surface area contributed by atoms with E-state index in [-0.39, 0.29) is 11.6 Å². The highest BCUT2D eigenvalue weighted by Crippen LogP contribution is 2.28. The molecule has 0 aliphatic rings. The van der Waals surface area contributed by atoms with Crippen molar-refractivity contribution in [2.75, 3.05) is 7.11 Å². The summed E-state index contributed by atoms with van der Waals surface area (Å²) in [6.45, 7) is 6.33. The van der Waals surface area contributed by atoms with Crippen molar-refractivity contribution < 1.29 is 9.15 Å². The van der Waals surface area contributed by atoms with Gasteiger partial charge >= 0.3 is 0 Å². The summed E-state index contributed by atoms with van der Waals surface area (Å²) in [6, 6.07) is 17.5. The summed E-state index contributed by atoms with van der Waals surface area (Å²) in [5, 5.41) is 12.1. The molecule has 5 heteroatoms. The van der Waals surface area contributed by atoms with Gasteiger partial charge in [-0.15, -0.1) is 10.2 Å². The van der Waals surface area contributed by atoms with Crippen molar-refractivity contribution in [1.29, 1.82) is 0 Å². The monoisotopic (exact) mass is 337 g/mol. The molecule has 5 nitrogen and oxygen atoms in total. The van der Waals surface area contributed by atoms with Crippen molar-refractivity contribution in [2.45, 2.75) is 32.4 Å². The number of methoxy groups -OCH3 is 1. The Morgan fingerprint density at radius 1 is 0.960 bits per heavy atom. The molecule has 130 valence electrons. The lowest BCUT2D eigenvalue weighted by Gasteiger charge is -2.26. The second-order valence-electron chi connectivity index (χ2n) is 6.91. The molecule has 2 aromatic carbocycles. The molecule has 0 aliphatic carbocycles. The third-order valence-electron chi connectivity index (χ3n) is 3.73. The number of rotatable bonds is 5. The van der Waals surface area contributed by atoms with E-state index < -0.39 is 0 Å². The topological polar surface area (TPSA) is 60.2 Å². The Morgan fingerprint density at radius 2 is 1.64 bits per heavy atom. The average molecular weight is 337 g/mol. The van der Waals surface area contributed by atoms with Crippen LogP contribution in [0.1, 0.15) is 38.3 Å². The molecule has 0 amide bonds. The lowest BCUT2D eigenvalue weighted by Crippen LogP contribution is -2.39. The average Bonchev–Trinajstić information content (AvgIpc) is 3.10. The standard InChI is InChI=1S/C20H23N3O2/c1-20(2,3)21-17(14-10-12-16(24-4)13-11-14)19-23-22-18(25-19)15-8-6-5-7-9-15/h5-13,17,21H,1-4H3. The maximum Gasteiger partial charge on any atom is 0.247 e. The Labute approximate surface area is 148 Å². The van der Waals surface area contributed by atoms with Crippen LogP contribution in [0.15, 0.2) is 59.0 Å². The van der Waals surface area contributed by atoms with Crippen LogP contribution in [0.3, 0.4) is 0 Å². The highest BCUT2D eigenvalue weighted by Gasteiger charge is 2.25. The van der Waals surface area contributed by atoms with Gasteiger partial charge in [-0.2, -0.15) is 0 Å². The van der Waals surface area contributed by atoms with Gasteiger partial charge < -0.3 is 9.15 Å². The van der Waals surface area contributed by atoms with Crippen LogP contribution in [-0.4, -0.2) is 22.8 Å². The fraction of sp³-hybridized carbons (Fsp3) is 0.300. The van der Waals surface area contributed by atoms with Crippen molar-refractivity contribution in [3.63, 3.8) is 0 Å². The first-order chi connectivity index (χ1) is 12.0. The summed E-state index contributed by atoms with van der Waals surface area (Å²) >= 11 is 0. The van der Waals surface area contributed by atoms with Crippen LogP contribution >= 0.6 is 0 Å². The number of nitrogens with one attached hydrogen (secondary N) is 1. The molecule has 1 unspecified atom stereocenters. The third kappa shape index (κ3) is 4.25. The van der Waals surface area contributed by atoms with Gasteiger partial charge in [0, 0.05) is 11.1 Å². The van der Waals surface area contributed by atoms with Gasteiger partial charge in [0.15, 0.2) is 0 Å². The molecule has 0 aliphatic heterocycles. The first-order valence-electron chi connectivity index (χ1n) is 8.27. The maximum atomic E-state index is 5.97. The van der Waals surface area contributed by atoms with E-state index in [9.17, 15) is 0 Å². The van der Waals surface area contributed by atoms with E-state index in [0.717, 1.165) is 16.9 Å². The summed E-state index contributed by atoms with van der Waals surface area (Å²) < 4.78 is 11.2. The number of ether oxygens (including phenoxy) is 1. The first kappa shape index (κ1) is 17.2. The number of aromatic nitrogens is 2. The summed E-state index contributed by atoms with van der Waals surface area (Å²) in [5.74, 6) is 1.87. The first-order valence-corrected chi connectivity index (χ1v) is 8.27. The van der Waals surface area contributed by atoms with Crippen molar-refractivity contribution in [1.82, 2.24) is 15.5 Å². The number of nitrogens with zero attached hydrogens (tertiary/aromatic N) is 2. The van der Waals surface area contributed by atoms with Gasteiger partial charge in [0.25, 0.3) is 0 Å². The van der Waals surface area contributed by atoms with Gasteiger partial charge in [-0.3, -0.25) is 5.32 Å². The molecular formula is C20H23N3O2. The molecule has 0 fully saturated rings. The van der Waals surface area contributed by atoms with Crippen LogP contribution in [0.25, 0.3) is 11.5 Å². The van der Waals surface area contributed by atoms with Crippen LogP contribution in [0.2, 0.25) is 0 Å². The highest BCUT2D eigenvalue weighted by molar-refractivity contribution is 5.51. The van der Waals surface area contributed by atoms with E-state index in [1.165, 1.54) is 0 Å². The number of benzene rings is 2. The summed E-state index contributed by atoms with van der Waals surface area (Å²) in [5.41, 5.74) is 1.83. The Balaban J connectivity index is 1.95. The Morgan fingerprint density at radius 3 is 2.24 bits per heavy atom. The molecule has 1 heterocycles. The van der Waals surface area contributed by atoms with Crippen LogP contribution < -0.4 is 10.1 Å². The fourth-order valence-corrected chi connectivity index (χ4v) is 2.57. The third-order valence-corrected chi connectivity index (χ3v) is 3.73. The van der Waals surface area contributed by atoms with Gasteiger partial charge in [0.05, 0.1) is 7.11 Å². The van der Waals surface area contributed by atoms with E-state index in [1.807, 2.05) is 54.6 Å². The van der Waals surface area contributed by atoms with Crippen molar-refractivity contribution in [3.05, 3.63) is 66.1 Å². The summed E-state index contributed by atoms with van der Waals surface area (Å²) in [6.07, 6.45) is 0. The Bertz CT molecular complexity index is 805. The zero-order chi connectivity index (χ0) is 17.9. The SMILES string of the molecule is COc1ccc(C(NC(C)(C)C)c2nnc(-c3ccccc3)o2)cc1. The second kappa shape index (κ2) is 7.07. The lowest BCUT2D eigenvalue weighted by molar-refractivity contribution is 0.346. The molecule has 0 bridgehead atoms. The molecule has 0 saturated heterocycles. The summed E-state index contributed by atoms with van der Waals surface area (Å²) in [4.78, 5) is 0. The minimum absolute atomic E-state index is 0.119. The van der Waals surface area contributed by atoms with E-state index in [1.54, 1.807) is 7.11 Å². The molecular weight excluding hydrogens is 314 g/mol. The second-order valence-corrected chi connectivity index (χ2v) is 6.91. The van der Waals surface area contributed by atoms with Crippen LogP contribution in [0.5, 0.6) is 5.75 Å². The smallest absolute Gasteiger partial charge is 0.247 e. The van der Waals surface area contributed by atoms with Crippen LogP contribution in [0.4, 0.5) is 0 Å². The van der Waals surface area contributed by atoms with Gasteiger partial charge in [-0.05, 0) is 50.6 Å². The predicted octanol–water partition coefficient (Wildman–Crippen LogP) is 4.22. The zero-order valence-corrected chi connectivity index (χ0v) is 15.0. The number of hydrogen-bond donors (Lipinski definition) is 1. The fourth-order valence-electron chi connectivity index (χ4n) is 2.57. The van der Waals surface area contributed by atoms with Crippen LogP contribution in [0, 0.1) is 0 Å². The molecule has 0 saturated carbocycles. The van der Waals surface area contributed by atoms with Crippen molar-refractivity contribution in [3.8, 4) is 17.2 Å². The van der Waals surface area contributed by atoms with Gasteiger partial charge in [0.2, 0.25) is 11.8 Å². The zero-order valence-electron chi connectivity index (χ0n) is 15.0. The van der Waals surface area contributed by atoms with Crippen molar-refractivity contribution in [2.24, 2.45) is 0 Å². The Hall–Kier alpha value is -2.66. The molecule has 3 aromatic rings. The van der Waals surface area contributed by atoms with Gasteiger partial charge in [-0.25, -0.2) is 0 Å². The molecule has 1 aromatic heterocycles. The van der Waals surface area contributed by atoms with E-state index >= 15 is 0 Å². The highest BCUT2D eigenvalue weighted by atomic mass is 16.5. The molecule has 3 rings (SSSR count). The normalized spacial score (nSPS) is 12.8. The lowest BCUT2D eigenvalue weighted by atomic mass is 10.0. The largest absolute Gasteiger partial charge is 0.497 e. The number of hydrogen-bond acceptors (Lipinski definition) is 5. The molecule has 0 spiro atoms. The maximum absolute atomic E-state index is 5.97. The quantitative estimate of drug-likeness (QED) is 0.755. The predicted molar refractivity (Wildman–Crippen MR) is 97.5 cm³/mol. The molecule has 25 heavy (non-hydrogen) atoms. The molecule has 0 radical (unpaired) electrons. The minimum atomic E-state index is -0.198. The van der Waals surface area contributed by atoms with Gasteiger partial charge in [-0.1, -0.05) is 30.3 Å². The van der Waals surface area contributed by atoms with Gasteiger partial charge in [0.1, 0.15) is 11.8 Å². The van der Waals surface area contributed by atoms with Crippen LogP contribution in [-0.2, 0) is 0 Å². The van der Waals surface area contributed by atoms with E-state index in [2.05, 4.69) is 36.3 Å². The minimum Gasteiger partial charge on any atom is -0.497 e. The van der Waals surface area contributed by atoms with E-state index in [4.69, 9.17) is 9.15 Å².